The van der Waals surface area contributed by atoms with Crippen molar-refractivity contribution in [1.29, 1.82) is 0 Å². The second-order valence-corrected chi connectivity index (χ2v) is 6.07. The number of fused-ring (bicyclic) bond motifs is 1. The summed E-state index contributed by atoms with van der Waals surface area (Å²) in [5, 5.41) is 1.61. The maximum absolute atomic E-state index is 13.0. The number of nitrogens with two attached hydrogens (primary N) is 1. The third kappa shape index (κ3) is 3.52. The van der Waals surface area contributed by atoms with Gasteiger partial charge in [0.25, 0.3) is 5.91 Å². The van der Waals surface area contributed by atoms with Crippen LogP contribution in [0.4, 0.5) is 0 Å². The van der Waals surface area contributed by atoms with Crippen LogP contribution < -0.4 is 10.5 Å². The minimum Gasteiger partial charge on any atom is -0.497 e. The Balaban J connectivity index is 0.00000225. The lowest BCUT2D eigenvalue weighted by Gasteiger charge is -2.08. The molecular formula is C19H20Cl2N2O2. The Labute approximate surface area is 157 Å². The van der Waals surface area contributed by atoms with Gasteiger partial charge in [0.05, 0.1) is 12.6 Å². The summed E-state index contributed by atoms with van der Waals surface area (Å²) in [5.74, 6) is 0.680. The SMILES string of the molecule is COc1ccc2c(c1)c(CCN)c(C)n2C(=O)c1ccc(Cl)cc1.Cl. The molecule has 0 amide bonds. The van der Waals surface area contributed by atoms with Crippen molar-refractivity contribution in [2.75, 3.05) is 13.7 Å². The van der Waals surface area contributed by atoms with Crippen molar-refractivity contribution >= 4 is 40.8 Å². The van der Waals surface area contributed by atoms with Crippen LogP contribution in [0.15, 0.2) is 42.5 Å². The number of hydrogen-bond donors (Lipinski definition) is 1. The van der Waals surface area contributed by atoms with Crippen LogP contribution in [0.3, 0.4) is 0 Å². The molecule has 0 saturated heterocycles. The van der Waals surface area contributed by atoms with E-state index in [0.29, 0.717) is 23.6 Å². The number of benzene rings is 2. The van der Waals surface area contributed by atoms with E-state index in [9.17, 15) is 4.79 Å². The molecule has 132 valence electrons. The maximum Gasteiger partial charge on any atom is 0.262 e. The number of carbonyl (C=O) groups is 1. The number of nitrogens with zero attached hydrogens (tertiary/aromatic N) is 1. The van der Waals surface area contributed by atoms with Crippen molar-refractivity contribution in [3.8, 4) is 5.75 Å². The topological polar surface area (TPSA) is 57.2 Å². The highest BCUT2D eigenvalue weighted by Crippen LogP contribution is 2.30. The van der Waals surface area contributed by atoms with Crippen LogP contribution in [0.2, 0.25) is 5.02 Å². The second-order valence-electron chi connectivity index (χ2n) is 5.63. The molecule has 0 spiro atoms. The third-order valence-electron chi connectivity index (χ3n) is 4.23. The fourth-order valence-corrected chi connectivity index (χ4v) is 3.16. The molecule has 2 aromatic carbocycles. The molecule has 0 atom stereocenters. The van der Waals surface area contributed by atoms with E-state index in [1.54, 1.807) is 35.9 Å². The summed E-state index contributed by atoms with van der Waals surface area (Å²) in [7, 11) is 1.63. The first-order valence-electron chi connectivity index (χ1n) is 7.75. The van der Waals surface area contributed by atoms with Crippen LogP contribution in [0.5, 0.6) is 5.75 Å². The summed E-state index contributed by atoms with van der Waals surface area (Å²) in [5.41, 5.74) is 9.20. The molecule has 3 aromatic rings. The smallest absolute Gasteiger partial charge is 0.262 e. The van der Waals surface area contributed by atoms with Crippen molar-refractivity contribution in [1.82, 2.24) is 4.57 Å². The fourth-order valence-electron chi connectivity index (χ4n) is 3.03. The molecule has 0 fully saturated rings. The molecule has 0 aliphatic rings. The Bertz CT molecular complexity index is 902. The van der Waals surface area contributed by atoms with Gasteiger partial charge in [0.15, 0.2) is 0 Å². The molecule has 2 N–H and O–H groups in total. The first-order valence-corrected chi connectivity index (χ1v) is 8.13. The zero-order chi connectivity index (χ0) is 17.3. The van der Waals surface area contributed by atoms with E-state index in [1.807, 2.05) is 25.1 Å². The van der Waals surface area contributed by atoms with Crippen molar-refractivity contribution in [2.45, 2.75) is 13.3 Å². The lowest BCUT2D eigenvalue weighted by Crippen LogP contribution is -2.14. The van der Waals surface area contributed by atoms with Gasteiger partial charge in [-0.3, -0.25) is 9.36 Å². The average molecular weight is 379 g/mol. The number of aromatic nitrogens is 1. The van der Waals surface area contributed by atoms with Gasteiger partial charge >= 0.3 is 0 Å². The van der Waals surface area contributed by atoms with Gasteiger partial charge in [-0.1, -0.05) is 11.6 Å². The number of carbonyl (C=O) groups excluding carboxylic acids is 1. The molecule has 25 heavy (non-hydrogen) atoms. The summed E-state index contributed by atoms with van der Waals surface area (Å²) in [6.07, 6.45) is 0.705. The van der Waals surface area contributed by atoms with Gasteiger partial charge in [0, 0.05) is 21.7 Å². The van der Waals surface area contributed by atoms with E-state index in [-0.39, 0.29) is 18.3 Å². The molecule has 0 saturated carbocycles. The van der Waals surface area contributed by atoms with E-state index < -0.39 is 0 Å². The average Bonchev–Trinajstić information content (AvgIpc) is 2.86. The summed E-state index contributed by atoms with van der Waals surface area (Å²) in [6.45, 7) is 2.47. The van der Waals surface area contributed by atoms with Gasteiger partial charge in [0.1, 0.15) is 5.75 Å². The quantitative estimate of drug-likeness (QED) is 0.738. The molecule has 0 aliphatic carbocycles. The van der Waals surface area contributed by atoms with E-state index in [2.05, 4.69) is 0 Å². The molecule has 1 heterocycles. The van der Waals surface area contributed by atoms with Crippen molar-refractivity contribution in [3.63, 3.8) is 0 Å². The molecule has 0 bridgehead atoms. The van der Waals surface area contributed by atoms with E-state index in [1.165, 1.54) is 0 Å². The molecule has 0 radical (unpaired) electrons. The maximum atomic E-state index is 13.0. The van der Waals surface area contributed by atoms with Gasteiger partial charge < -0.3 is 10.5 Å². The summed E-state index contributed by atoms with van der Waals surface area (Å²) in [6, 6.07) is 12.6. The van der Waals surface area contributed by atoms with Crippen LogP contribution in [0.25, 0.3) is 10.9 Å². The van der Waals surface area contributed by atoms with Crippen molar-refractivity contribution in [2.24, 2.45) is 5.73 Å². The molecular weight excluding hydrogens is 359 g/mol. The van der Waals surface area contributed by atoms with Crippen LogP contribution in [0, 0.1) is 6.92 Å². The minimum absolute atomic E-state index is 0. The highest BCUT2D eigenvalue weighted by atomic mass is 35.5. The predicted molar refractivity (Wildman–Crippen MR) is 104 cm³/mol. The van der Waals surface area contributed by atoms with Crippen LogP contribution >= 0.6 is 24.0 Å². The standard InChI is InChI=1S/C19H19ClN2O2.ClH/c1-12-16(9-10-21)17-11-15(24-2)7-8-18(17)22(12)19(23)13-3-5-14(20)6-4-13;/h3-8,11H,9-10,21H2,1-2H3;1H. The Morgan fingerprint density at radius 3 is 2.48 bits per heavy atom. The van der Waals surface area contributed by atoms with Crippen molar-refractivity contribution in [3.05, 3.63) is 64.3 Å². The summed E-state index contributed by atoms with van der Waals surface area (Å²) >= 11 is 5.92. The molecule has 0 unspecified atom stereocenters. The Kier molecular flexibility index (Phi) is 6.11. The number of hydrogen-bond acceptors (Lipinski definition) is 3. The van der Waals surface area contributed by atoms with Gasteiger partial charge in [-0.15, -0.1) is 12.4 Å². The predicted octanol–water partition coefficient (Wildman–Crippen LogP) is 4.22. The largest absolute Gasteiger partial charge is 0.497 e. The summed E-state index contributed by atoms with van der Waals surface area (Å²) < 4.78 is 7.06. The number of halogens is 2. The highest BCUT2D eigenvalue weighted by molar-refractivity contribution is 6.30. The monoisotopic (exact) mass is 378 g/mol. The zero-order valence-corrected chi connectivity index (χ0v) is 15.7. The van der Waals surface area contributed by atoms with Crippen LogP contribution in [-0.4, -0.2) is 24.1 Å². The number of methoxy groups -OCH3 is 1. The van der Waals surface area contributed by atoms with Crippen LogP contribution in [-0.2, 0) is 6.42 Å². The number of ether oxygens (including phenoxy) is 1. The van der Waals surface area contributed by atoms with E-state index in [4.69, 9.17) is 22.1 Å². The molecule has 6 heteroatoms. The third-order valence-corrected chi connectivity index (χ3v) is 4.48. The lowest BCUT2D eigenvalue weighted by atomic mass is 10.1. The Morgan fingerprint density at radius 1 is 1.20 bits per heavy atom. The zero-order valence-electron chi connectivity index (χ0n) is 14.1. The van der Waals surface area contributed by atoms with Gasteiger partial charge in [-0.2, -0.15) is 0 Å². The number of rotatable bonds is 4. The van der Waals surface area contributed by atoms with E-state index in [0.717, 1.165) is 27.9 Å². The van der Waals surface area contributed by atoms with Gasteiger partial charge in [0.2, 0.25) is 0 Å². The van der Waals surface area contributed by atoms with Gasteiger partial charge in [-0.05, 0) is 67.9 Å². The summed E-state index contributed by atoms with van der Waals surface area (Å²) in [4.78, 5) is 13.0. The second kappa shape index (κ2) is 7.91. The van der Waals surface area contributed by atoms with Gasteiger partial charge in [-0.25, -0.2) is 0 Å². The normalized spacial score (nSPS) is 10.6. The van der Waals surface area contributed by atoms with Crippen molar-refractivity contribution < 1.29 is 9.53 Å². The minimum atomic E-state index is -0.0809. The molecule has 1 aromatic heterocycles. The first kappa shape index (κ1) is 19.3. The molecule has 0 aliphatic heterocycles. The Morgan fingerprint density at radius 2 is 1.88 bits per heavy atom. The Hall–Kier alpha value is -2.01. The van der Waals surface area contributed by atoms with E-state index >= 15 is 0 Å². The highest BCUT2D eigenvalue weighted by Gasteiger charge is 2.20. The fraction of sp³-hybridized carbons (Fsp3) is 0.211. The lowest BCUT2D eigenvalue weighted by molar-refractivity contribution is 0.0963. The first-order chi connectivity index (χ1) is 11.6. The van der Waals surface area contributed by atoms with Crippen LogP contribution in [0.1, 0.15) is 21.6 Å². The molecule has 3 rings (SSSR count). The molecule has 4 nitrogen and oxygen atoms in total.